The van der Waals surface area contributed by atoms with Gasteiger partial charge in [-0.1, -0.05) is 0 Å². The smallest absolute Gasteiger partial charge is 0.310 e. The molecule has 0 bridgehead atoms. The monoisotopic (exact) mass is 411 g/mol. The number of hydrogen-bond acceptors (Lipinski definition) is 4. The van der Waals surface area contributed by atoms with Gasteiger partial charge in [-0.25, -0.2) is 17.6 Å². The molecule has 0 aliphatic rings. The lowest BCUT2D eigenvalue weighted by atomic mass is 10.1. The first-order chi connectivity index (χ1) is 13.7. The van der Waals surface area contributed by atoms with E-state index in [-0.39, 0.29) is 35.1 Å². The first-order valence-corrected chi connectivity index (χ1v) is 8.21. The SMILES string of the molecule is COc1ccc(Nc2nc(=O)c(F)cn2Cc2cc(F)c(F)c(F)c2)c(C)c1F. The molecule has 1 heterocycles. The summed E-state index contributed by atoms with van der Waals surface area (Å²) in [4.78, 5) is 15.2. The van der Waals surface area contributed by atoms with Gasteiger partial charge in [0.05, 0.1) is 13.7 Å². The quantitative estimate of drug-likeness (QED) is 0.509. The standard InChI is InChI=1S/C19H14F5N3O2/c1-9-14(3-4-15(29-2)16(9)23)25-19-26-18(28)13(22)8-27(19)7-10-5-11(20)17(24)12(21)6-10/h3-6,8H,7H2,1-2H3,(H,25,26,28). The van der Waals surface area contributed by atoms with Gasteiger partial charge in [-0.2, -0.15) is 9.37 Å². The van der Waals surface area contributed by atoms with Crippen LogP contribution in [0.4, 0.5) is 33.6 Å². The Morgan fingerprint density at radius 3 is 2.31 bits per heavy atom. The lowest BCUT2D eigenvalue weighted by Crippen LogP contribution is -2.20. The van der Waals surface area contributed by atoms with E-state index in [1.165, 1.54) is 26.2 Å². The van der Waals surface area contributed by atoms with Crippen molar-refractivity contribution in [2.75, 3.05) is 12.4 Å². The van der Waals surface area contributed by atoms with Crippen molar-refractivity contribution in [3.05, 3.63) is 81.0 Å². The molecule has 0 amide bonds. The molecule has 1 N–H and O–H groups in total. The minimum atomic E-state index is -1.64. The van der Waals surface area contributed by atoms with Gasteiger partial charge in [0.1, 0.15) is 0 Å². The molecule has 0 unspecified atom stereocenters. The van der Waals surface area contributed by atoms with Crippen molar-refractivity contribution in [1.29, 1.82) is 0 Å². The zero-order valence-corrected chi connectivity index (χ0v) is 15.2. The summed E-state index contributed by atoms with van der Waals surface area (Å²) >= 11 is 0. The van der Waals surface area contributed by atoms with Crippen molar-refractivity contribution in [2.24, 2.45) is 0 Å². The largest absolute Gasteiger partial charge is 0.494 e. The van der Waals surface area contributed by atoms with E-state index in [0.717, 1.165) is 22.9 Å². The molecule has 0 aliphatic carbocycles. The lowest BCUT2D eigenvalue weighted by Gasteiger charge is -2.16. The molecule has 0 saturated carbocycles. The topological polar surface area (TPSA) is 56.1 Å². The highest BCUT2D eigenvalue weighted by molar-refractivity contribution is 5.60. The van der Waals surface area contributed by atoms with Crippen molar-refractivity contribution in [3.63, 3.8) is 0 Å². The average molecular weight is 411 g/mol. The molecule has 10 heteroatoms. The molecule has 3 aromatic rings. The van der Waals surface area contributed by atoms with Gasteiger partial charge in [0.2, 0.25) is 11.8 Å². The van der Waals surface area contributed by atoms with E-state index in [0.29, 0.717) is 0 Å². The Morgan fingerprint density at radius 2 is 1.69 bits per heavy atom. The van der Waals surface area contributed by atoms with Crippen LogP contribution < -0.4 is 15.6 Å². The second kappa shape index (κ2) is 7.90. The van der Waals surface area contributed by atoms with Crippen LogP contribution in [0.5, 0.6) is 5.75 Å². The maximum Gasteiger partial charge on any atom is 0.310 e. The second-order valence-electron chi connectivity index (χ2n) is 6.10. The van der Waals surface area contributed by atoms with Crippen LogP contribution in [0, 0.1) is 36.0 Å². The van der Waals surface area contributed by atoms with Gasteiger partial charge in [0.15, 0.2) is 29.0 Å². The fourth-order valence-electron chi connectivity index (χ4n) is 2.66. The van der Waals surface area contributed by atoms with Gasteiger partial charge in [0, 0.05) is 17.4 Å². The molecule has 5 nitrogen and oxygen atoms in total. The normalized spacial score (nSPS) is 10.9. The number of ether oxygens (including phenoxy) is 1. The van der Waals surface area contributed by atoms with Crippen LogP contribution in [0.1, 0.15) is 11.1 Å². The number of halogens is 5. The second-order valence-corrected chi connectivity index (χ2v) is 6.10. The first kappa shape index (κ1) is 20.3. The van der Waals surface area contributed by atoms with E-state index in [9.17, 15) is 26.7 Å². The molecular formula is C19H14F5N3O2. The van der Waals surface area contributed by atoms with Crippen LogP contribution in [-0.2, 0) is 6.54 Å². The van der Waals surface area contributed by atoms with E-state index in [4.69, 9.17) is 4.74 Å². The van der Waals surface area contributed by atoms with Crippen LogP contribution in [-0.4, -0.2) is 16.7 Å². The van der Waals surface area contributed by atoms with Crippen molar-refractivity contribution in [2.45, 2.75) is 13.5 Å². The Labute approximate surface area is 161 Å². The summed E-state index contributed by atoms with van der Waals surface area (Å²) < 4.78 is 74.0. The van der Waals surface area contributed by atoms with Gasteiger partial charge in [-0.3, -0.25) is 4.79 Å². The highest BCUT2D eigenvalue weighted by Crippen LogP contribution is 2.28. The number of methoxy groups -OCH3 is 1. The van der Waals surface area contributed by atoms with E-state index in [1.54, 1.807) is 0 Å². The van der Waals surface area contributed by atoms with Crippen LogP contribution in [0.25, 0.3) is 0 Å². The predicted molar refractivity (Wildman–Crippen MR) is 94.8 cm³/mol. The minimum absolute atomic E-state index is 0.00484. The van der Waals surface area contributed by atoms with Crippen LogP contribution in [0.2, 0.25) is 0 Å². The van der Waals surface area contributed by atoms with Crippen molar-refractivity contribution in [1.82, 2.24) is 9.55 Å². The van der Waals surface area contributed by atoms with Crippen LogP contribution in [0.15, 0.2) is 35.3 Å². The fraction of sp³-hybridized carbons (Fsp3) is 0.158. The molecular weight excluding hydrogens is 397 g/mol. The predicted octanol–water partition coefficient (Wildman–Crippen LogP) is 4.05. The summed E-state index contributed by atoms with van der Waals surface area (Å²) in [5.74, 6) is -6.56. The number of rotatable bonds is 5. The Balaban J connectivity index is 2.03. The van der Waals surface area contributed by atoms with Crippen LogP contribution in [0.3, 0.4) is 0 Å². The van der Waals surface area contributed by atoms with E-state index >= 15 is 0 Å². The van der Waals surface area contributed by atoms with Gasteiger partial charge in [-0.05, 0) is 36.8 Å². The molecule has 29 heavy (non-hydrogen) atoms. The first-order valence-electron chi connectivity index (χ1n) is 8.21. The summed E-state index contributed by atoms with van der Waals surface area (Å²) in [6.07, 6.45) is 0.770. The molecule has 0 fully saturated rings. The van der Waals surface area contributed by atoms with Crippen molar-refractivity contribution < 1.29 is 26.7 Å². The number of benzene rings is 2. The zero-order valence-electron chi connectivity index (χ0n) is 15.2. The lowest BCUT2D eigenvalue weighted by molar-refractivity contribution is 0.385. The van der Waals surface area contributed by atoms with Gasteiger partial charge in [0.25, 0.3) is 0 Å². The molecule has 0 spiro atoms. The molecule has 152 valence electrons. The number of nitrogens with zero attached hydrogens (tertiary/aromatic N) is 2. The Kier molecular flexibility index (Phi) is 5.53. The Bertz CT molecular complexity index is 1120. The molecule has 1 aromatic heterocycles. The number of hydrogen-bond donors (Lipinski definition) is 1. The number of nitrogens with one attached hydrogen (secondary N) is 1. The Morgan fingerprint density at radius 1 is 1.03 bits per heavy atom. The van der Waals surface area contributed by atoms with E-state index in [2.05, 4.69) is 10.3 Å². The van der Waals surface area contributed by atoms with E-state index < -0.39 is 34.6 Å². The highest BCUT2D eigenvalue weighted by Gasteiger charge is 2.16. The summed E-state index contributed by atoms with van der Waals surface area (Å²) in [5.41, 5.74) is -0.904. The molecule has 0 atom stereocenters. The summed E-state index contributed by atoms with van der Waals surface area (Å²) in [6.45, 7) is 1.09. The third-order valence-electron chi connectivity index (χ3n) is 4.17. The van der Waals surface area contributed by atoms with E-state index in [1.807, 2.05) is 0 Å². The maximum absolute atomic E-state index is 14.2. The summed E-state index contributed by atoms with van der Waals surface area (Å²) in [5, 5.41) is 2.69. The number of anilines is 2. The molecule has 0 saturated heterocycles. The third-order valence-corrected chi connectivity index (χ3v) is 4.17. The maximum atomic E-state index is 14.2. The van der Waals surface area contributed by atoms with Crippen LogP contribution >= 0.6 is 0 Å². The van der Waals surface area contributed by atoms with Crippen molar-refractivity contribution >= 4 is 11.6 Å². The van der Waals surface area contributed by atoms with Gasteiger partial charge < -0.3 is 14.6 Å². The molecule has 0 radical (unpaired) electrons. The average Bonchev–Trinajstić information content (AvgIpc) is 2.67. The highest BCUT2D eigenvalue weighted by atomic mass is 19.2. The zero-order chi connectivity index (χ0) is 21.3. The fourth-order valence-corrected chi connectivity index (χ4v) is 2.66. The molecule has 3 rings (SSSR count). The summed E-state index contributed by atoms with van der Waals surface area (Å²) in [7, 11) is 1.30. The van der Waals surface area contributed by atoms with Crippen molar-refractivity contribution in [3.8, 4) is 5.75 Å². The third kappa shape index (κ3) is 4.05. The summed E-state index contributed by atoms with van der Waals surface area (Å²) in [6, 6.07) is 4.25. The Hall–Kier alpha value is -3.43. The minimum Gasteiger partial charge on any atom is -0.494 e. The number of aromatic nitrogens is 2. The molecule has 2 aromatic carbocycles. The van der Waals surface area contributed by atoms with Gasteiger partial charge in [-0.15, -0.1) is 0 Å². The molecule has 0 aliphatic heterocycles. The van der Waals surface area contributed by atoms with Gasteiger partial charge >= 0.3 is 5.56 Å².